The molecule has 0 spiro atoms. The maximum atomic E-state index is 7.89. The molecule has 9 heavy (non-hydrogen) atoms. The largest absolute Gasteiger partial charge is 1.00 e. The summed E-state index contributed by atoms with van der Waals surface area (Å²) >= 11 is 0. The third-order valence-electron chi connectivity index (χ3n) is 0.275. The molecule has 0 aromatic heterocycles. The third kappa shape index (κ3) is 7.82. The molecule has 2 radical (unpaired) electrons. The van der Waals surface area contributed by atoms with E-state index < -0.39 is 7.74 Å². The van der Waals surface area contributed by atoms with Crippen molar-refractivity contribution in [3.8, 4) is 0 Å². The van der Waals surface area contributed by atoms with Crippen LogP contribution < -0.4 is 18.9 Å². The minimum Gasteiger partial charge on any atom is -1.00 e. The summed E-state index contributed by atoms with van der Waals surface area (Å²) < 4.78 is 6.76. The van der Waals surface area contributed by atoms with Crippen LogP contribution in [0, 0.1) is 0 Å². The van der Waals surface area contributed by atoms with Crippen molar-refractivity contribution in [1.29, 1.82) is 0 Å². The van der Waals surface area contributed by atoms with E-state index >= 15 is 0 Å². The Hall–Kier alpha value is 1.92. The molecule has 9 heteroatoms. The average molecular weight is 232 g/mol. The van der Waals surface area contributed by atoms with Crippen LogP contribution in [-0.4, -0.2) is 14.7 Å². The first kappa shape index (κ1) is 17.1. The van der Waals surface area contributed by atoms with Gasteiger partial charge in [0.25, 0.3) is 0 Å². The van der Waals surface area contributed by atoms with Crippen molar-refractivity contribution in [2.24, 2.45) is 0 Å². The van der Waals surface area contributed by atoms with Gasteiger partial charge in [-0.1, -0.05) is 0 Å². The van der Waals surface area contributed by atoms with E-state index in [1.54, 1.807) is 0 Å². The summed E-state index contributed by atoms with van der Waals surface area (Å²) in [6.07, 6.45) is 0. The molecular formula is H4CoLiO5PV. The smallest absolute Gasteiger partial charge is 1.00 e. The van der Waals surface area contributed by atoms with Crippen LogP contribution in [0.1, 0.15) is 1.43 Å². The second-order valence-electron chi connectivity index (χ2n) is 0.982. The van der Waals surface area contributed by atoms with Crippen LogP contribution in [0.3, 0.4) is 0 Å². The molecular weight excluding hydrogens is 228 g/mol. The summed E-state index contributed by atoms with van der Waals surface area (Å²) in [5.74, 6) is 0. The molecule has 0 unspecified atom stereocenters. The number of hydrogen-bond acceptors (Lipinski definition) is 5. The normalized spacial score (nSPS) is 28.6. The van der Waals surface area contributed by atoms with E-state index in [4.69, 9.17) is 14.7 Å². The van der Waals surface area contributed by atoms with E-state index in [-0.39, 0.29) is 55.6 Å². The molecule has 1 heterocycles. The zero-order valence-corrected chi connectivity index (χ0v) is 7.72. The Morgan fingerprint density at radius 3 is 1.22 bits per heavy atom. The zero-order valence-electron chi connectivity index (χ0n) is 5.39. The first-order valence-corrected chi connectivity index (χ1v) is 3.06. The fourth-order valence-corrected chi connectivity index (χ4v) is 0.402. The molecule has 1 aliphatic heterocycles. The van der Waals surface area contributed by atoms with Gasteiger partial charge in [-0.05, 0) is 0 Å². The molecule has 3 N–H and O–H groups in total. The van der Waals surface area contributed by atoms with Crippen LogP contribution in [0.15, 0.2) is 0 Å². The second-order valence-corrected chi connectivity index (χ2v) is 2.95. The van der Waals surface area contributed by atoms with Gasteiger partial charge in [0.1, 0.15) is 0 Å². The van der Waals surface area contributed by atoms with Crippen LogP contribution in [-0.2, 0) is 44.7 Å². The number of rotatable bonds is 0. The third-order valence-corrected chi connectivity index (χ3v) is 0.824. The van der Waals surface area contributed by atoms with E-state index in [0.717, 1.165) is 0 Å². The van der Waals surface area contributed by atoms with Gasteiger partial charge in [-0.25, -0.2) is 0 Å². The van der Waals surface area contributed by atoms with Crippen molar-refractivity contribution in [2.75, 3.05) is 0 Å². The SMILES string of the molecule is OP1(O)(O)OO1.[Co].[H-].[Li+].[V]. The standard InChI is InChI=1S/Co.Li.H3O5P.V.H/c;;1-6(2,3)4-5-6;;/h;;1-3H;;/q;+1;;;-1. The van der Waals surface area contributed by atoms with Gasteiger partial charge in [-0.15, -0.1) is 0 Å². The van der Waals surface area contributed by atoms with Gasteiger partial charge in [0, 0.05) is 35.3 Å². The molecule has 0 saturated carbocycles. The molecule has 5 nitrogen and oxygen atoms in total. The van der Waals surface area contributed by atoms with E-state index in [9.17, 15) is 0 Å². The van der Waals surface area contributed by atoms with Crippen LogP contribution >= 0.6 is 7.74 Å². The Bertz CT molecular complexity index is 85.4. The molecule has 0 aliphatic carbocycles. The van der Waals surface area contributed by atoms with Crippen LogP contribution in [0.5, 0.6) is 0 Å². The fourth-order valence-electron chi connectivity index (χ4n) is 0.0447. The summed E-state index contributed by atoms with van der Waals surface area (Å²) in [4.78, 5) is 23.7. The van der Waals surface area contributed by atoms with Crippen molar-refractivity contribution < 1.29 is 79.7 Å². The zero-order chi connectivity index (χ0) is 4.86. The molecule has 0 atom stereocenters. The van der Waals surface area contributed by atoms with Gasteiger partial charge in [-0.3, -0.25) is 0 Å². The van der Waals surface area contributed by atoms with Crippen molar-refractivity contribution >= 4 is 7.74 Å². The summed E-state index contributed by atoms with van der Waals surface area (Å²) in [5.41, 5.74) is 0. The second kappa shape index (κ2) is 4.07. The van der Waals surface area contributed by atoms with Crippen LogP contribution in [0.2, 0.25) is 0 Å². The van der Waals surface area contributed by atoms with Gasteiger partial charge in [0.15, 0.2) is 0 Å². The quantitative estimate of drug-likeness (QED) is 0.172. The molecule has 1 aliphatic rings. The van der Waals surface area contributed by atoms with Crippen molar-refractivity contribution in [3.05, 3.63) is 0 Å². The average Bonchev–Trinajstić information content (AvgIpc) is 1.73. The molecule has 1 saturated heterocycles. The van der Waals surface area contributed by atoms with E-state index in [1.807, 2.05) is 0 Å². The van der Waals surface area contributed by atoms with Crippen molar-refractivity contribution in [1.82, 2.24) is 0 Å². The summed E-state index contributed by atoms with van der Waals surface area (Å²) in [7, 11) is -4.80. The van der Waals surface area contributed by atoms with Gasteiger partial charge in [0.05, 0.1) is 0 Å². The van der Waals surface area contributed by atoms with Gasteiger partial charge in [-0.2, -0.15) is 0 Å². The fraction of sp³-hybridized carbons (Fsp3) is 0. The molecule has 1 rings (SSSR count). The monoisotopic (exact) mass is 232 g/mol. The van der Waals surface area contributed by atoms with E-state index in [2.05, 4.69) is 9.35 Å². The van der Waals surface area contributed by atoms with Crippen molar-refractivity contribution in [2.45, 2.75) is 0 Å². The predicted molar refractivity (Wildman–Crippen MR) is 16.9 cm³/mol. The molecule has 54 valence electrons. The minimum absolute atomic E-state index is 0. The minimum atomic E-state index is -4.80. The van der Waals surface area contributed by atoms with Gasteiger partial charge < -0.3 is 1.43 Å². The van der Waals surface area contributed by atoms with Gasteiger partial charge >= 0.3 is 50.6 Å². The Morgan fingerprint density at radius 2 is 1.22 bits per heavy atom. The Morgan fingerprint density at radius 1 is 1.11 bits per heavy atom. The maximum Gasteiger partial charge on any atom is 1.00 e. The maximum absolute atomic E-state index is 7.89. The van der Waals surface area contributed by atoms with E-state index in [1.165, 1.54) is 0 Å². The summed E-state index contributed by atoms with van der Waals surface area (Å²) in [6, 6.07) is 0. The molecule has 0 amide bonds. The number of hydrogen-bond donors (Lipinski definition) is 3. The van der Waals surface area contributed by atoms with E-state index in [0.29, 0.717) is 0 Å². The summed E-state index contributed by atoms with van der Waals surface area (Å²) in [6.45, 7) is 0. The summed E-state index contributed by atoms with van der Waals surface area (Å²) in [5, 5.41) is 0. The van der Waals surface area contributed by atoms with Gasteiger partial charge in [0.2, 0.25) is 0 Å². The molecule has 0 aromatic rings. The van der Waals surface area contributed by atoms with Crippen LogP contribution in [0.25, 0.3) is 0 Å². The molecule has 1 fully saturated rings. The Kier molecular flexibility index (Phi) is 7.75. The topological polar surface area (TPSA) is 85.8 Å². The molecule has 0 aromatic carbocycles. The Labute approximate surface area is 87.1 Å². The van der Waals surface area contributed by atoms with Crippen molar-refractivity contribution in [3.63, 3.8) is 0 Å². The molecule has 0 bridgehead atoms. The Balaban J connectivity index is -0.0000000450. The van der Waals surface area contributed by atoms with Crippen LogP contribution in [0.4, 0.5) is 0 Å². The predicted octanol–water partition coefficient (Wildman–Crippen LogP) is -3.84. The first-order chi connectivity index (χ1) is 2.47. The first-order valence-electron chi connectivity index (χ1n) is 1.13.